The molecule has 3 aromatic rings. The topological polar surface area (TPSA) is 66.8 Å². The number of rotatable bonds is 12. The van der Waals surface area contributed by atoms with Gasteiger partial charge in [-0.1, -0.05) is 36.4 Å². The van der Waals surface area contributed by atoms with Crippen molar-refractivity contribution in [3.63, 3.8) is 0 Å². The predicted octanol–water partition coefficient (Wildman–Crippen LogP) is 6.54. The molecular weight excluding hydrogens is 572 g/mol. The first-order chi connectivity index (χ1) is 18.9. The number of hydrogen-bond acceptors (Lipinski definition) is 5. The molecule has 0 heterocycles. The fourth-order valence-electron chi connectivity index (χ4n) is 4.27. The van der Waals surface area contributed by atoms with Gasteiger partial charge in [-0.05, 0) is 56.2 Å². The Morgan fingerprint density at radius 2 is 1.56 bits per heavy atom. The molecule has 0 radical (unpaired) electrons. The van der Waals surface area contributed by atoms with Gasteiger partial charge in [0.25, 0.3) is 5.92 Å². The van der Waals surface area contributed by atoms with Crippen molar-refractivity contribution in [3.05, 3.63) is 94.8 Å². The van der Waals surface area contributed by atoms with Crippen molar-refractivity contribution >= 4 is 9.84 Å². The van der Waals surface area contributed by atoms with Gasteiger partial charge in [-0.3, -0.25) is 4.90 Å². The van der Waals surface area contributed by atoms with Gasteiger partial charge in [0.2, 0.25) is 0 Å². The van der Waals surface area contributed by atoms with E-state index in [9.17, 15) is 31.1 Å². The standard InChI is InChI=1S/C29H31F6NO4S/c1-27(2,37)25-13-12-24(17-26(25)41(3,38)39)40-15-5-14-36(18-20-6-4-7-22(16-20)29(33,34)35)19-28(31,32)21-8-10-23(30)11-9-21/h4,6-13,16-17,37H,5,14-15,18-19H2,1-3H3. The van der Waals surface area contributed by atoms with Gasteiger partial charge in [0, 0.05) is 30.5 Å². The van der Waals surface area contributed by atoms with Crippen LogP contribution >= 0.6 is 0 Å². The molecule has 0 atom stereocenters. The summed E-state index contributed by atoms with van der Waals surface area (Å²) in [5.41, 5.74) is -2.42. The zero-order chi connectivity index (χ0) is 30.6. The van der Waals surface area contributed by atoms with Gasteiger partial charge in [0.05, 0.1) is 29.2 Å². The van der Waals surface area contributed by atoms with Gasteiger partial charge < -0.3 is 9.84 Å². The van der Waals surface area contributed by atoms with Gasteiger partial charge >= 0.3 is 6.18 Å². The third-order valence-corrected chi connectivity index (χ3v) is 7.39. The SMILES string of the molecule is CC(C)(O)c1ccc(OCCCN(Cc2cccc(C(F)(F)F)c2)CC(F)(F)c2ccc(F)cc2)cc1S(C)(=O)=O. The predicted molar refractivity (Wildman–Crippen MR) is 142 cm³/mol. The van der Waals surface area contributed by atoms with E-state index in [0.717, 1.165) is 42.7 Å². The Balaban J connectivity index is 1.77. The highest BCUT2D eigenvalue weighted by atomic mass is 32.2. The zero-order valence-electron chi connectivity index (χ0n) is 22.7. The maximum Gasteiger partial charge on any atom is 0.416 e. The Bertz CT molecular complexity index is 1430. The second-order valence-electron chi connectivity index (χ2n) is 10.3. The van der Waals surface area contributed by atoms with Gasteiger partial charge in [0.15, 0.2) is 9.84 Å². The van der Waals surface area contributed by atoms with Gasteiger partial charge in [-0.15, -0.1) is 0 Å². The number of alkyl halides is 5. The van der Waals surface area contributed by atoms with Crippen LogP contribution in [0.25, 0.3) is 0 Å². The quantitative estimate of drug-likeness (QED) is 0.188. The van der Waals surface area contributed by atoms with Crippen LogP contribution in [0.1, 0.15) is 42.5 Å². The Hall–Kier alpha value is -3.09. The molecular formula is C29H31F6NO4S. The first-order valence-electron chi connectivity index (χ1n) is 12.6. The number of benzene rings is 3. The first-order valence-corrected chi connectivity index (χ1v) is 14.5. The van der Waals surface area contributed by atoms with E-state index in [1.807, 2.05) is 0 Å². The molecule has 0 amide bonds. The summed E-state index contributed by atoms with van der Waals surface area (Å²) >= 11 is 0. The second kappa shape index (κ2) is 12.4. The van der Waals surface area contributed by atoms with Crippen LogP contribution < -0.4 is 4.74 Å². The Morgan fingerprint density at radius 1 is 0.902 bits per heavy atom. The van der Waals surface area contributed by atoms with E-state index in [1.165, 1.54) is 49.1 Å². The Morgan fingerprint density at radius 3 is 2.15 bits per heavy atom. The summed E-state index contributed by atoms with van der Waals surface area (Å²) < 4.78 is 113. The number of hydrogen-bond donors (Lipinski definition) is 1. The summed E-state index contributed by atoms with van der Waals surface area (Å²) in [6, 6.07) is 12.3. The molecule has 0 aliphatic carbocycles. The fourth-order valence-corrected chi connectivity index (χ4v) is 5.31. The van der Waals surface area contributed by atoms with Gasteiger partial charge in [-0.25, -0.2) is 12.8 Å². The van der Waals surface area contributed by atoms with E-state index in [1.54, 1.807) is 0 Å². The van der Waals surface area contributed by atoms with Crippen LogP contribution in [0.3, 0.4) is 0 Å². The van der Waals surface area contributed by atoms with Crippen molar-refractivity contribution in [1.29, 1.82) is 0 Å². The fraction of sp³-hybridized carbons (Fsp3) is 0.379. The van der Waals surface area contributed by atoms with Crippen molar-refractivity contribution in [2.75, 3.05) is 26.0 Å². The highest BCUT2D eigenvalue weighted by Gasteiger charge is 2.35. The molecule has 0 saturated carbocycles. The van der Waals surface area contributed by atoms with E-state index in [4.69, 9.17) is 4.74 Å². The summed E-state index contributed by atoms with van der Waals surface area (Å²) in [4.78, 5) is 1.16. The molecule has 0 spiro atoms. The minimum atomic E-state index is -4.60. The molecule has 1 N–H and O–H groups in total. The molecule has 0 fully saturated rings. The lowest BCUT2D eigenvalue weighted by Gasteiger charge is -2.28. The average Bonchev–Trinajstić information content (AvgIpc) is 2.85. The molecule has 0 aliphatic heterocycles. The van der Waals surface area contributed by atoms with E-state index < -0.39 is 51.0 Å². The molecule has 0 aliphatic rings. The van der Waals surface area contributed by atoms with Gasteiger partial charge in [0.1, 0.15) is 11.6 Å². The van der Waals surface area contributed by atoms with Gasteiger partial charge in [-0.2, -0.15) is 22.0 Å². The number of aliphatic hydroxyl groups is 1. The first kappa shape index (κ1) is 32.4. The number of sulfone groups is 1. The van der Waals surface area contributed by atoms with Crippen LogP contribution in [0.5, 0.6) is 5.75 Å². The molecule has 3 rings (SSSR count). The van der Waals surface area contributed by atoms with Crippen molar-refractivity contribution in [3.8, 4) is 5.75 Å². The minimum absolute atomic E-state index is 0.00623. The van der Waals surface area contributed by atoms with E-state index in [2.05, 4.69) is 0 Å². The van der Waals surface area contributed by atoms with Crippen molar-refractivity contribution < 1.29 is 44.6 Å². The molecule has 5 nitrogen and oxygen atoms in total. The Labute approximate surface area is 235 Å². The largest absolute Gasteiger partial charge is 0.494 e. The van der Waals surface area contributed by atoms with Crippen LogP contribution in [-0.4, -0.2) is 44.4 Å². The summed E-state index contributed by atoms with van der Waals surface area (Å²) in [7, 11) is -3.72. The second-order valence-corrected chi connectivity index (χ2v) is 12.3. The highest BCUT2D eigenvalue weighted by molar-refractivity contribution is 7.90. The normalized spacial score (nSPS) is 13.0. The van der Waals surface area contributed by atoms with Crippen LogP contribution in [0.2, 0.25) is 0 Å². The summed E-state index contributed by atoms with van der Waals surface area (Å²) in [5.74, 6) is -3.94. The third-order valence-electron chi connectivity index (χ3n) is 6.25. The molecule has 224 valence electrons. The summed E-state index contributed by atoms with van der Waals surface area (Å²) in [6.45, 7) is 1.78. The van der Waals surface area contributed by atoms with Crippen molar-refractivity contribution in [1.82, 2.24) is 4.90 Å². The molecule has 0 aromatic heterocycles. The van der Waals surface area contributed by atoms with Crippen molar-refractivity contribution in [2.45, 2.75) is 49.4 Å². The van der Waals surface area contributed by atoms with Crippen LogP contribution in [0.4, 0.5) is 26.3 Å². The molecule has 0 saturated heterocycles. The van der Waals surface area contributed by atoms with Crippen LogP contribution in [-0.2, 0) is 34.1 Å². The molecule has 0 unspecified atom stereocenters. The highest BCUT2D eigenvalue weighted by Crippen LogP contribution is 2.33. The van der Waals surface area contributed by atoms with Crippen LogP contribution in [0, 0.1) is 5.82 Å². The maximum absolute atomic E-state index is 15.1. The maximum atomic E-state index is 15.1. The minimum Gasteiger partial charge on any atom is -0.494 e. The van der Waals surface area contributed by atoms with E-state index >= 15 is 8.78 Å². The van der Waals surface area contributed by atoms with E-state index in [-0.39, 0.29) is 47.9 Å². The number of nitrogens with zero attached hydrogens (tertiary/aromatic N) is 1. The number of halogens is 6. The molecule has 3 aromatic carbocycles. The van der Waals surface area contributed by atoms with Crippen LogP contribution in [0.15, 0.2) is 71.6 Å². The summed E-state index contributed by atoms with van der Waals surface area (Å²) in [6.07, 6.45) is -3.44. The summed E-state index contributed by atoms with van der Waals surface area (Å²) in [5, 5.41) is 10.3. The zero-order valence-corrected chi connectivity index (χ0v) is 23.5. The third kappa shape index (κ3) is 9.20. The molecule has 41 heavy (non-hydrogen) atoms. The van der Waals surface area contributed by atoms with Crippen molar-refractivity contribution in [2.24, 2.45) is 0 Å². The number of ether oxygens (including phenoxy) is 1. The lowest BCUT2D eigenvalue weighted by Crippen LogP contribution is -2.36. The smallest absolute Gasteiger partial charge is 0.416 e. The lowest BCUT2D eigenvalue weighted by atomic mass is 9.98. The lowest BCUT2D eigenvalue weighted by molar-refractivity contribution is -0.137. The Kier molecular flexibility index (Phi) is 9.82. The molecule has 0 bridgehead atoms. The molecule has 12 heteroatoms. The monoisotopic (exact) mass is 603 g/mol. The van der Waals surface area contributed by atoms with E-state index in [0.29, 0.717) is 0 Å². The average molecular weight is 604 g/mol.